The van der Waals surface area contributed by atoms with Crippen molar-refractivity contribution in [1.82, 2.24) is 0 Å². The van der Waals surface area contributed by atoms with Crippen LogP contribution < -0.4 is 9.47 Å². The summed E-state index contributed by atoms with van der Waals surface area (Å²) in [5, 5.41) is 8.87. The van der Waals surface area contributed by atoms with Gasteiger partial charge in [-0.3, -0.25) is 4.79 Å². The summed E-state index contributed by atoms with van der Waals surface area (Å²) in [5.41, 5.74) is 4.45. The lowest BCUT2D eigenvalue weighted by Gasteiger charge is -2.14. The van der Waals surface area contributed by atoms with Gasteiger partial charge in [-0.15, -0.1) is 0 Å². The molecular weight excluding hydrogens is 395 g/mol. The van der Waals surface area contributed by atoms with Gasteiger partial charge in [-0.1, -0.05) is 24.3 Å². The first-order chi connectivity index (χ1) is 15.0. The van der Waals surface area contributed by atoms with Crippen LogP contribution in [-0.4, -0.2) is 18.2 Å². The van der Waals surface area contributed by atoms with Crippen LogP contribution in [-0.2, 0) is 17.8 Å². The Morgan fingerprint density at radius 1 is 1.00 bits per heavy atom. The first-order valence-electron chi connectivity index (χ1n) is 10.4. The maximum Gasteiger partial charge on any atom is 0.303 e. The average molecular weight is 420 g/mol. The molecule has 4 nitrogen and oxygen atoms in total. The molecule has 0 unspecified atom stereocenters. The zero-order valence-corrected chi connectivity index (χ0v) is 17.4. The summed E-state index contributed by atoms with van der Waals surface area (Å²) < 4.78 is 25.9. The molecule has 0 aromatic heterocycles. The van der Waals surface area contributed by atoms with E-state index < -0.39 is 5.97 Å². The van der Waals surface area contributed by atoms with Crippen LogP contribution in [0.15, 0.2) is 60.7 Å². The lowest BCUT2D eigenvalue weighted by Crippen LogP contribution is -2.00. The topological polar surface area (TPSA) is 55.8 Å². The van der Waals surface area contributed by atoms with Gasteiger partial charge >= 0.3 is 5.97 Å². The Labute approximate surface area is 181 Å². The van der Waals surface area contributed by atoms with Crippen LogP contribution in [0.5, 0.6) is 11.5 Å². The molecule has 0 radical (unpaired) electrons. The molecule has 1 aliphatic carbocycles. The highest BCUT2D eigenvalue weighted by atomic mass is 19.1. The molecule has 1 saturated carbocycles. The lowest BCUT2D eigenvalue weighted by molar-refractivity contribution is -0.136. The number of carboxylic acid groups (broad SMARTS) is 1. The van der Waals surface area contributed by atoms with Crippen LogP contribution in [0.25, 0.3) is 11.1 Å². The van der Waals surface area contributed by atoms with Crippen LogP contribution in [0, 0.1) is 5.82 Å². The van der Waals surface area contributed by atoms with Crippen LogP contribution in [0.4, 0.5) is 4.39 Å². The molecule has 5 heteroatoms. The number of benzene rings is 3. The van der Waals surface area contributed by atoms with Crippen molar-refractivity contribution in [1.29, 1.82) is 0 Å². The van der Waals surface area contributed by atoms with E-state index in [-0.39, 0.29) is 12.2 Å². The van der Waals surface area contributed by atoms with Crippen molar-refractivity contribution in [3.05, 3.63) is 83.2 Å². The van der Waals surface area contributed by atoms with Gasteiger partial charge < -0.3 is 14.6 Å². The number of carbonyl (C=O) groups is 1. The molecule has 0 amide bonds. The molecule has 3 aromatic carbocycles. The van der Waals surface area contributed by atoms with Crippen LogP contribution in [0.2, 0.25) is 0 Å². The Morgan fingerprint density at radius 3 is 2.58 bits per heavy atom. The minimum absolute atomic E-state index is 0.0849. The zero-order chi connectivity index (χ0) is 21.8. The number of halogens is 1. The van der Waals surface area contributed by atoms with E-state index in [0.29, 0.717) is 36.0 Å². The minimum atomic E-state index is -0.820. The quantitative estimate of drug-likeness (QED) is 0.463. The van der Waals surface area contributed by atoms with Crippen molar-refractivity contribution >= 4 is 5.97 Å². The number of rotatable bonds is 9. The number of ether oxygens (including phenoxy) is 2. The van der Waals surface area contributed by atoms with Gasteiger partial charge in [0.1, 0.15) is 23.9 Å². The number of carboxylic acids is 1. The van der Waals surface area contributed by atoms with Gasteiger partial charge in [0.15, 0.2) is 0 Å². The van der Waals surface area contributed by atoms with Gasteiger partial charge in [0.05, 0.1) is 7.11 Å². The average Bonchev–Trinajstić information content (AvgIpc) is 3.62. The summed E-state index contributed by atoms with van der Waals surface area (Å²) >= 11 is 0. The third-order valence-electron chi connectivity index (χ3n) is 5.53. The van der Waals surface area contributed by atoms with E-state index in [1.807, 2.05) is 36.4 Å². The predicted molar refractivity (Wildman–Crippen MR) is 117 cm³/mol. The lowest BCUT2D eigenvalue weighted by atomic mass is 9.94. The molecule has 0 aliphatic heterocycles. The Balaban J connectivity index is 1.56. The van der Waals surface area contributed by atoms with E-state index in [0.717, 1.165) is 35.1 Å². The van der Waals surface area contributed by atoms with Crippen molar-refractivity contribution in [2.24, 2.45) is 0 Å². The highest BCUT2D eigenvalue weighted by Crippen LogP contribution is 2.45. The molecule has 0 atom stereocenters. The van der Waals surface area contributed by atoms with Crippen molar-refractivity contribution < 1.29 is 23.8 Å². The third-order valence-corrected chi connectivity index (χ3v) is 5.53. The summed E-state index contributed by atoms with van der Waals surface area (Å²) in [7, 11) is 1.58. The molecule has 31 heavy (non-hydrogen) atoms. The number of hydrogen-bond donors (Lipinski definition) is 1. The fraction of sp³-hybridized carbons (Fsp3) is 0.269. The Hall–Kier alpha value is -3.34. The summed E-state index contributed by atoms with van der Waals surface area (Å²) in [6, 6.07) is 18.4. The van der Waals surface area contributed by atoms with Gasteiger partial charge in [-0.05, 0) is 83.8 Å². The van der Waals surface area contributed by atoms with E-state index in [1.165, 1.54) is 6.07 Å². The maximum absolute atomic E-state index is 14.7. The van der Waals surface area contributed by atoms with Gasteiger partial charge in [0.2, 0.25) is 0 Å². The highest BCUT2D eigenvalue weighted by Gasteiger charge is 2.27. The summed E-state index contributed by atoms with van der Waals surface area (Å²) in [5.74, 6) is 0.689. The van der Waals surface area contributed by atoms with Gasteiger partial charge in [-0.2, -0.15) is 0 Å². The first-order valence-corrected chi connectivity index (χ1v) is 10.4. The second kappa shape index (κ2) is 9.21. The van der Waals surface area contributed by atoms with Crippen LogP contribution in [0.1, 0.15) is 41.9 Å². The smallest absolute Gasteiger partial charge is 0.303 e. The summed E-state index contributed by atoms with van der Waals surface area (Å²) in [6.07, 6.45) is 2.79. The monoisotopic (exact) mass is 420 g/mol. The van der Waals surface area contributed by atoms with Gasteiger partial charge in [-0.25, -0.2) is 4.39 Å². The summed E-state index contributed by atoms with van der Waals surface area (Å²) in [4.78, 5) is 10.8. The van der Waals surface area contributed by atoms with Gasteiger partial charge in [0.25, 0.3) is 0 Å². The number of aliphatic carboxylic acids is 1. The molecule has 0 saturated heterocycles. The predicted octanol–water partition coefficient (Wildman–Crippen LogP) is 5.97. The van der Waals surface area contributed by atoms with Crippen molar-refractivity contribution in [3.8, 4) is 22.6 Å². The number of hydrogen-bond acceptors (Lipinski definition) is 3. The van der Waals surface area contributed by atoms with E-state index in [2.05, 4.69) is 6.07 Å². The van der Waals surface area contributed by atoms with E-state index >= 15 is 0 Å². The first kappa shape index (κ1) is 20.9. The fourth-order valence-electron chi connectivity index (χ4n) is 3.72. The van der Waals surface area contributed by atoms with Crippen LogP contribution >= 0.6 is 0 Å². The Bertz CT molecular complexity index is 1090. The number of methoxy groups -OCH3 is 1. The normalized spacial score (nSPS) is 13.1. The molecule has 0 bridgehead atoms. The van der Waals surface area contributed by atoms with Gasteiger partial charge in [0, 0.05) is 12.0 Å². The van der Waals surface area contributed by atoms with Crippen LogP contribution in [0.3, 0.4) is 0 Å². The second-order valence-corrected chi connectivity index (χ2v) is 7.87. The molecule has 1 aliphatic rings. The minimum Gasteiger partial charge on any atom is -0.497 e. The molecule has 1 fully saturated rings. The SMILES string of the molecule is COc1ccc(F)c(-c2cc(COc3cccc(CCC(=O)O)c3)ccc2C2CC2)c1. The Kier molecular flexibility index (Phi) is 6.21. The third kappa shape index (κ3) is 5.23. The molecule has 160 valence electrons. The van der Waals surface area contributed by atoms with E-state index in [9.17, 15) is 9.18 Å². The molecule has 1 N–H and O–H groups in total. The van der Waals surface area contributed by atoms with E-state index in [4.69, 9.17) is 14.6 Å². The molecule has 0 spiro atoms. The summed E-state index contributed by atoms with van der Waals surface area (Å²) in [6.45, 7) is 0.339. The van der Waals surface area contributed by atoms with Crippen molar-refractivity contribution in [2.75, 3.05) is 7.11 Å². The second-order valence-electron chi connectivity index (χ2n) is 7.87. The maximum atomic E-state index is 14.7. The number of aryl methyl sites for hydroxylation is 1. The Morgan fingerprint density at radius 2 is 1.84 bits per heavy atom. The van der Waals surface area contributed by atoms with Crippen molar-refractivity contribution in [3.63, 3.8) is 0 Å². The van der Waals surface area contributed by atoms with Crippen molar-refractivity contribution in [2.45, 2.75) is 38.2 Å². The molecule has 3 aromatic rings. The largest absolute Gasteiger partial charge is 0.497 e. The zero-order valence-electron chi connectivity index (χ0n) is 17.4. The molecule has 4 rings (SSSR count). The standard InChI is InChI=1S/C26H25FO4/c1-30-20-9-11-25(27)24(15-20)23-14-18(5-10-22(23)19-7-8-19)16-31-21-4-2-3-17(13-21)6-12-26(28)29/h2-5,9-11,13-15,19H,6-8,12,16H2,1H3,(H,28,29). The fourth-order valence-corrected chi connectivity index (χ4v) is 3.72. The highest BCUT2D eigenvalue weighted by molar-refractivity contribution is 5.71. The van der Waals surface area contributed by atoms with E-state index in [1.54, 1.807) is 19.2 Å². The molecule has 0 heterocycles. The molecular formula is C26H25FO4.